The molecule has 1 aliphatic rings. The summed E-state index contributed by atoms with van der Waals surface area (Å²) in [6.45, 7) is 4.48. The highest BCUT2D eigenvalue weighted by atomic mass is 35.5. The lowest BCUT2D eigenvalue weighted by Crippen LogP contribution is -2.14. The largest absolute Gasteiger partial charge is 0.467 e. The van der Waals surface area contributed by atoms with Gasteiger partial charge < -0.3 is 18.7 Å². The van der Waals surface area contributed by atoms with Gasteiger partial charge in [-0.3, -0.25) is 4.79 Å². The van der Waals surface area contributed by atoms with Crippen LogP contribution in [-0.4, -0.2) is 23.7 Å². The predicted octanol–water partition coefficient (Wildman–Crippen LogP) is 3.79. The first-order valence-electron chi connectivity index (χ1n) is 7.71. The zero-order valence-electron chi connectivity index (χ0n) is 14.0. The number of esters is 1. The SMILES string of the molecule is Cc1noc(C)c1CSCC(=O)OCc1cc(Cl)cc2c1OCOC2. The lowest BCUT2D eigenvalue weighted by atomic mass is 10.1. The lowest BCUT2D eigenvalue weighted by Gasteiger charge is -2.21. The van der Waals surface area contributed by atoms with Gasteiger partial charge in [-0.25, -0.2) is 0 Å². The Balaban J connectivity index is 1.52. The van der Waals surface area contributed by atoms with E-state index in [1.165, 1.54) is 11.8 Å². The maximum Gasteiger partial charge on any atom is 0.316 e. The summed E-state index contributed by atoms with van der Waals surface area (Å²) < 4.78 is 21.2. The Hall–Kier alpha value is -1.70. The van der Waals surface area contributed by atoms with E-state index in [4.69, 9.17) is 30.3 Å². The molecular weight excluding hydrogens is 366 g/mol. The van der Waals surface area contributed by atoms with E-state index in [-0.39, 0.29) is 25.1 Å². The van der Waals surface area contributed by atoms with Crippen molar-refractivity contribution in [1.82, 2.24) is 5.16 Å². The second kappa shape index (κ2) is 8.12. The number of thioether (sulfide) groups is 1. The first kappa shape index (κ1) is 18.1. The van der Waals surface area contributed by atoms with Crippen LogP contribution in [0, 0.1) is 13.8 Å². The zero-order chi connectivity index (χ0) is 17.8. The number of carbonyl (C=O) groups is 1. The van der Waals surface area contributed by atoms with Crippen LogP contribution in [-0.2, 0) is 33.2 Å². The summed E-state index contributed by atoms with van der Waals surface area (Å²) in [5.41, 5.74) is 3.48. The van der Waals surface area contributed by atoms with E-state index in [1.54, 1.807) is 12.1 Å². The number of aryl methyl sites for hydroxylation is 2. The van der Waals surface area contributed by atoms with Crippen molar-refractivity contribution in [3.8, 4) is 5.75 Å². The Morgan fingerprint density at radius 2 is 2.24 bits per heavy atom. The van der Waals surface area contributed by atoms with Gasteiger partial charge in [-0.1, -0.05) is 16.8 Å². The van der Waals surface area contributed by atoms with E-state index in [1.807, 2.05) is 13.8 Å². The van der Waals surface area contributed by atoms with Gasteiger partial charge in [0.1, 0.15) is 18.1 Å². The fraction of sp³-hybridized carbons (Fsp3) is 0.412. The number of aromatic nitrogens is 1. The second-order valence-electron chi connectivity index (χ2n) is 5.62. The van der Waals surface area contributed by atoms with Gasteiger partial charge in [0.25, 0.3) is 0 Å². The molecule has 2 heterocycles. The Morgan fingerprint density at radius 1 is 1.40 bits per heavy atom. The van der Waals surface area contributed by atoms with Crippen molar-refractivity contribution < 1.29 is 23.5 Å². The lowest BCUT2D eigenvalue weighted by molar-refractivity contribution is -0.141. The molecule has 8 heteroatoms. The first-order valence-corrected chi connectivity index (χ1v) is 9.25. The van der Waals surface area contributed by atoms with E-state index in [0.717, 1.165) is 28.1 Å². The minimum Gasteiger partial charge on any atom is -0.467 e. The maximum atomic E-state index is 12.0. The summed E-state index contributed by atoms with van der Waals surface area (Å²) in [4.78, 5) is 12.0. The van der Waals surface area contributed by atoms with Crippen molar-refractivity contribution in [2.75, 3.05) is 12.5 Å². The number of rotatable bonds is 6. The number of nitrogens with zero attached hydrogens (tertiary/aromatic N) is 1. The number of hydrogen-bond acceptors (Lipinski definition) is 7. The molecule has 0 bridgehead atoms. The first-order chi connectivity index (χ1) is 12.0. The zero-order valence-corrected chi connectivity index (χ0v) is 15.5. The third kappa shape index (κ3) is 4.48. The second-order valence-corrected chi connectivity index (χ2v) is 7.04. The van der Waals surface area contributed by atoms with Crippen molar-refractivity contribution in [2.45, 2.75) is 32.8 Å². The topological polar surface area (TPSA) is 70.8 Å². The number of ether oxygens (including phenoxy) is 3. The average Bonchev–Trinajstić information content (AvgIpc) is 2.91. The molecular formula is C17H18ClNO5S. The molecule has 0 aliphatic carbocycles. The minimum absolute atomic E-state index is 0.119. The molecule has 0 atom stereocenters. The van der Waals surface area contributed by atoms with E-state index < -0.39 is 0 Å². The van der Waals surface area contributed by atoms with Gasteiger partial charge in [0, 0.05) is 27.5 Å². The molecule has 1 aromatic carbocycles. The molecule has 2 aromatic rings. The van der Waals surface area contributed by atoms with E-state index >= 15 is 0 Å². The van der Waals surface area contributed by atoms with Crippen molar-refractivity contribution in [3.05, 3.63) is 45.3 Å². The number of carbonyl (C=O) groups excluding carboxylic acids is 1. The average molecular weight is 384 g/mol. The van der Waals surface area contributed by atoms with Gasteiger partial charge in [-0.05, 0) is 26.0 Å². The highest BCUT2D eigenvalue weighted by Crippen LogP contribution is 2.32. The molecule has 0 saturated carbocycles. The van der Waals surface area contributed by atoms with Gasteiger partial charge in [-0.15, -0.1) is 11.8 Å². The van der Waals surface area contributed by atoms with Crippen molar-refractivity contribution >= 4 is 29.3 Å². The highest BCUT2D eigenvalue weighted by molar-refractivity contribution is 7.99. The fourth-order valence-corrected chi connectivity index (χ4v) is 3.74. The van der Waals surface area contributed by atoms with Crippen LogP contribution < -0.4 is 4.74 Å². The molecule has 1 aromatic heterocycles. The Kier molecular flexibility index (Phi) is 5.88. The molecule has 0 unspecified atom stereocenters. The fourth-order valence-electron chi connectivity index (χ4n) is 2.51. The van der Waals surface area contributed by atoms with Crippen molar-refractivity contribution in [3.63, 3.8) is 0 Å². The summed E-state index contributed by atoms with van der Waals surface area (Å²) in [5, 5.41) is 4.46. The third-order valence-corrected chi connectivity index (χ3v) is 4.94. The maximum absolute atomic E-state index is 12.0. The van der Waals surface area contributed by atoms with Crippen LogP contribution in [0.25, 0.3) is 0 Å². The molecule has 3 rings (SSSR count). The summed E-state index contributed by atoms with van der Waals surface area (Å²) in [6, 6.07) is 3.54. The summed E-state index contributed by atoms with van der Waals surface area (Å²) in [5.74, 6) is 2.08. The molecule has 0 radical (unpaired) electrons. The Morgan fingerprint density at radius 3 is 3.00 bits per heavy atom. The standard InChI is InChI=1S/C17H18ClNO5S/c1-10-15(11(2)24-19-10)7-25-8-16(20)22-6-13-4-14(18)3-12-5-21-9-23-17(12)13/h3-4H,5-9H2,1-2H3. The third-order valence-electron chi connectivity index (χ3n) is 3.79. The summed E-state index contributed by atoms with van der Waals surface area (Å²) >= 11 is 7.56. The van der Waals surface area contributed by atoms with Gasteiger partial charge in [0.15, 0.2) is 6.79 Å². The van der Waals surface area contributed by atoms with Gasteiger partial charge >= 0.3 is 5.97 Å². The quantitative estimate of drug-likeness (QED) is 0.703. The van der Waals surface area contributed by atoms with E-state index in [9.17, 15) is 4.79 Å². The monoisotopic (exact) mass is 383 g/mol. The van der Waals surface area contributed by atoms with Crippen LogP contribution in [0.3, 0.4) is 0 Å². The molecule has 0 spiro atoms. The molecule has 0 fully saturated rings. The normalized spacial score (nSPS) is 13.2. The number of halogens is 1. The van der Waals surface area contributed by atoms with Crippen LogP contribution >= 0.6 is 23.4 Å². The summed E-state index contributed by atoms with van der Waals surface area (Å²) in [6.07, 6.45) is 0. The molecule has 6 nitrogen and oxygen atoms in total. The number of hydrogen-bond donors (Lipinski definition) is 0. The van der Waals surface area contributed by atoms with Crippen molar-refractivity contribution in [1.29, 1.82) is 0 Å². The molecule has 0 N–H and O–H groups in total. The smallest absolute Gasteiger partial charge is 0.316 e. The highest BCUT2D eigenvalue weighted by Gasteiger charge is 2.18. The predicted molar refractivity (Wildman–Crippen MR) is 93.7 cm³/mol. The van der Waals surface area contributed by atoms with Gasteiger partial charge in [-0.2, -0.15) is 0 Å². The van der Waals surface area contributed by atoms with Crippen LogP contribution in [0.1, 0.15) is 28.1 Å². The molecule has 134 valence electrons. The van der Waals surface area contributed by atoms with E-state index in [2.05, 4.69) is 5.16 Å². The minimum atomic E-state index is -0.294. The van der Waals surface area contributed by atoms with Crippen LogP contribution in [0.15, 0.2) is 16.7 Å². The van der Waals surface area contributed by atoms with Gasteiger partial charge in [0.2, 0.25) is 0 Å². The number of benzene rings is 1. The molecule has 0 saturated heterocycles. The van der Waals surface area contributed by atoms with Crippen LogP contribution in [0.2, 0.25) is 5.02 Å². The Labute approximate surface area is 154 Å². The van der Waals surface area contributed by atoms with Gasteiger partial charge in [0.05, 0.1) is 18.1 Å². The number of fused-ring (bicyclic) bond motifs is 1. The molecule has 1 aliphatic heterocycles. The van der Waals surface area contributed by atoms with Crippen molar-refractivity contribution in [2.24, 2.45) is 0 Å². The molecule has 0 amide bonds. The van der Waals surface area contributed by atoms with Crippen LogP contribution in [0.4, 0.5) is 0 Å². The van der Waals surface area contributed by atoms with E-state index in [0.29, 0.717) is 23.1 Å². The Bertz CT molecular complexity index is 757. The molecule has 25 heavy (non-hydrogen) atoms. The summed E-state index contributed by atoms with van der Waals surface area (Å²) in [7, 11) is 0. The van der Waals surface area contributed by atoms with Crippen LogP contribution in [0.5, 0.6) is 5.75 Å².